The highest BCUT2D eigenvalue weighted by Crippen LogP contribution is 2.28. The van der Waals surface area contributed by atoms with Gasteiger partial charge in [-0.05, 0) is 25.1 Å². The number of nitrogens with one attached hydrogen (secondary N) is 1. The standard InChI is InChI=1S/C17H18F3N5O/c1-11-23-14-5-7-25(15(14)16(24-11)21-6-8-26-2)10-13-4-3-12(9-22-13)17(18,19)20/h3-5,7,9H,6,8,10H2,1-2H3,(H,21,23,24). The zero-order chi connectivity index (χ0) is 18.7. The number of ether oxygens (including phenoxy) is 1. The molecule has 0 radical (unpaired) electrons. The molecule has 3 rings (SSSR count). The van der Waals surface area contributed by atoms with Crippen molar-refractivity contribution in [3.05, 3.63) is 47.7 Å². The number of anilines is 1. The molecule has 0 amide bonds. The van der Waals surface area contributed by atoms with E-state index in [-0.39, 0.29) is 0 Å². The van der Waals surface area contributed by atoms with Gasteiger partial charge in [0.25, 0.3) is 0 Å². The van der Waals surface area contributed by atoms with Crippen LogP contribution in [0.1, 0.15) is 17.1 Å². The van der Waals surface area contributed by atoms with Crippen molar-refractivity contribution in [2.45, 2.75) is 19.6 Å². The summed E-state index contributed by atoms with van der Waals surface area (Å²) in [5.41, 5.74) is 1.27. The van der Waals surface area contributed by atoms with Crippen LogP contribution in [-0.4, -0.2) is 39.8 Å². The fourth-order valence-corrected chi connectivity index (χ4v) is 2.61. The van der Waals surface area contributed by atoms with Crippen LogP contribution in [0.15, 0.2) is 30.6 Å². The molecule has 0 atom stereocenters. The van der Waals surface area contributed by atoms with Crippen molar-refractivity contribution < 1.29 is 17.9 Å². The molecular formula is C17H18F3N5O. The quantitative estimate of drug-likeness (QED) is 0.680. The Kier molecular flexibility index (Phi) is 5.08. The molecular weight excluding hydrogens is 347 g/mol. The lowest BCUT2D eigenvalue weighted by Crippen LogP contribution is -2.12. The van der Waals surface area contributed by atoms with Gasteiger partial charge in [0.15, 0.2) is 5.82 Å². The van der Waals surface area contributed by atoms with Gasteiger partial charge in [0.2, 0.25) is 0 Å². The number of methoxy groups -OCH3 is 1. The fourth-order valence-electron chi connectivity index (χ4n) is 2.61. The topological polar surface area (TPSA) is 64.9 Å². The summed E-state index contributed by atoms with van der Waals surface area (Å²) in [5, 5.41) is 3.20. The number of aryl methyl sites for hydroxylation is 1. The lowest BCUT2D eigenvalue weighted by Gasteiger charge is -2.12. The van der Waals surface area contributed by atoms with Gasteiger partial charge in [-0.25, -0.2) is 9.97 Å². The second-order valence-corrected chi connectivity index (χ2v) is 5.75. The van der Waals surface area contributed by atoms with Crippen LogP contribution in [0.2, 0.25) is 0 Å². The minimum Gasteiger partial charge on any atom is -0.383 e. The summed E-state index contributed by atoms with van der Waals surface area (Å²) in [7, 11) is 1.61. The van der Waals surface area contributed by atoms with Crippen LogP contribution >= 0.6 is 0 Å². The lowest BCUT2D eigenvalue weighted by molar-refractivity contribution is -0.137. The van der Waals surface area contributed by atoms with Crippen LogP contribution in [0.25, 0.3) is 11.0 Å². The number of pyridine rings is 1. The van der Waals surface area contributed by atoms with Gasteiger partial charge in [0, 0.05) is 26.0 Å². The van der Waals surface area contributed by atoms with Crippen molar-refractivity contribution in [2.75, 3.05) is 25.6 Å². The number of halogens is 3. The summed E-state index contributed by atoms with van der Waals surface area (Å²) in [6.07, 6.45) is -1.73. The van der Waals surface area contributed by atoms with Crippen LogP contribution in [0.3, 0.4) is 0 Å². The Morgan fingerprint density at radius 2 is 2.00 bits per heavy atom. The number of nitrogens with zero attached hydrogens (tertiary/aromatic N) is 4. The Morgan fingerprint density at radius 1 is 1.19 bits per heavy atom. The molecule has 0 spiro atoms. The van der Waals surface area contributed by atoms with Crippen molar-refractivity contribution in [2.24, 2.45) is 0 Å². The Bertz CT molecular complexity index is 890. The Labute approximate surface area is 148 Å². The third kappa shape index (κ3) is 3.93. The highest BCUT2D eigenvalue weighted by atomic mass is 19.4. The summed E-state index contributed by atoms with van der Waals surface area (Å²) in [6.45, 7) is 3.21. The smallest absolute Gasteiger partial charge is 0.383 e. The summed E-state index contributed by atoms with van der Waals surface area (Å²) >= 11 is 0. The van der Waals surface area contributed by atoms with Crippen LogP contribution in [0.4, 0.5) is 19.0 Å². The number of alkyl halides is 3. The molecule has 0 unspecified atom stereocenters. The van der Waals surface area contributed by atoms with Crippen molar-refractivity contribution in [1.82, 2.24) is 19.5 Å². The van der Waals surface area contributed by atoms with E-state index < -0.39 is 11.7 Å². The van der Waals surface area contributed by atoms with Gasteiger partial charge in [0.05, 0.1) is 29.9 Å². The second-order valence-electron chi connectivity index (χ2n) is 5.75. The SMILES string of the molecule is COCCNc1nc(C)nc2ccn(Cc3ccc(C(F)(F)F)cn3)c12. The summed E-state index contributed by atoms with van der Waals surface area (Å²) in [5.74, 6) is 1.28. The summed E-state index contributed by atoms with van der Waals surface area (Å²) < 4.78 is 44.9. The minimum absolute atomic E-state index is 0.313. The van der Waals surface area contributed by atoms with Crippen molar-refractivity contribution in [1.29, 1.82) is 0 Å². The van der Waals surface area contributed by atoms with E-state index in [1.165, 1.54) is 6.07 Å². The first-order chi connectivity index (χ1) is 12.4. The Morgan fingerprint density at radius 3 is 2.65 bits per heavy atom. The molecule has 3 heterocycles. The molecule has 0 aliphatic heterocycles. The van der Waals surface area contributed by atoms with E-state index in [9.17, 15) is 13.2 Å². The van der Waals surface area contributed by atoms with Gasteiger partial charge in [0.1, 0.15) is 11.3 Å². The average Bonchev–Trinajstić information content (AvgIpc) is 2.97. The van der Waals surface area contributed by atoms with Gasteiger partial charge < -0.3 is 14.6 Å². The second kappa shape index (κ2) is 7.28. The minimum atomic E-state index is -4.39. The maximum Gasteiger partial charge on any atom is 0.417 e. The van der Waals surface area contributed by atoms with E-state index in [0.29, 0.717) is 37.0 Å². The molecule has 3 aromatic rings. The van der Waals surface area contributed by atoms with Crippen molar-refractivity contribution >= 4 is 16.9 Å². The number of fused-ring (bicyclic) bond motifs is 1. The zero-order valence-corrected chi connectivity index (χ0v) is 14.3. The summed E-state index contributed by atoms with van der Waals surface area (Å²) in [6, 6.07) is 4.25. The fraction of sp³-hybridized carbons (Fsp3) is 0.353. The first-order valence-electron chi connectivity index (χ1n) is 7.97. The molecule has 6 nitrogen and oxygen atoms in total. The van der Waals surface area contributed by atoms with Crippen LogP contribution in [-0.2, 0) is 17.5 Å². The van der Waals surface area contributed by atoms with E-state index >= 15 is 0 Å². The van der Waals surface area contributed by atoms with E-state index in [1.54, 1.807) is 14.0 Å². The van der Waals surface area contributed by atoms with E-state index in [2.05, 4.69) is 20.3 Å². The van der Waals surface area contributed by atoms with Gasteiger partial charge >= 0.3 is 6.18 Å². The molecule has 0 aliphatic carbocycles. The van der Waals surface area contributed by atoms with E-state index in [1.807, 2.05) is 16.8 Å². The zero-order valence-electron chi connectivity index (χ0n) is 14.3. The van der Waals surface area contributed by atoms with Crippen LogP contribution in [0, 0.1) is 6.92 Å². The first-order valence-corrected chi connectivity index (χ1v) is 7.97. The van der Waals surface area contributed by atoms with Gasteiger partial charge in [-0.2, -0.15) is 13.2 Å². The lowest BCUT2D eigenvalue weighted by atomic mass is 10.2. The highest BCUT2D eigenvalue weighted by molar-refractivity contribution is 5.86. The normalized spacial score (nSPS) is 11.9. The molecule has 26 heavy (non-hydrogen) atoms. The van der Waals surface area contributed by atoms with Gasteiger partial charge in [-0.15, -0.1) is 0 Å². The predicted molar refractivity (Wildman–Crippen MR) is 91.0 cm³/mol. The van der Waals surface area contributed by atoms with Crippen molar-refractivity contribution in [3.63, 3.8) is 0 Å². The molecule has 0 aliphatic rings. The molecule has 1 N–H and O–H groups in total. The third-order valence-corrected chi connectivity index (χ3v) is 3.81. The Balaban J connectivity index is 1.90. The number of hydrogen-bond donors (Lipinski definition) is 1. The number of aromatic nitrogens is 4. The maximum atomic E-state index is 12.7. The average molecular weight is 365 g/mol. The molecule has 138 valence electrons. The molecule has 0 bridgehead atoms. The molecule has 0 fully saturated rings. The predicted octanol–water partition coefficient (Wildman–Crippen LogP) is 3.26. The first kappa shape index (κ1) is 18.1. The summed E-state index contributed by atoms with van der Waals surface area (Å²) in [4.78, 5) is 12.8. The molecule has 0 saturated carbocycles. The van der Waals surface area contributed by atoms with Gasteiger partial charge in [-0.3, -0.25) is 4.98 Å². The molecule has 3 aromatic heterocycles. The van der Waals surface area contributed by atoms with Crippen molar-refractivity contribution in [3.8, 4) is 0 Å². The number of hydrogen-bond acceptors (Lipinski definition) is 5. The maximum absolute atomic E-state index is 12.7. The van der Waals surface area contributed by atoms with Crippen LogP contribution < -0.4 is 5.32 Å². The van der Waals surface area contributed by atoms with Crippen LogP contribution in [0.5, 0.6) is 0 Å². The molecule has 0 saturated heterocycles. The van der Waals surface area contributed by atoms with E-state index in [0.717, 1.165) is 23.3 Å². The van der Waals surface area contributed by atoms with E-state index in [4.69, 9.17) is 4.74 Å². The molecule has 0 aromatic carbocycles. The van der Waals surface area contributed by atoms with Gasteiger partial charge in [-0.1, -0.05) is 0 Å². The number of rotatable bonds is 6. The highest BCUT2D eigenvalue weighted by Gasteiger charge is 2.30. The third-order valence-electron chi connectivity index (χ3n) is 3.81. The largest absolute Gasteiger partial charge is 0.417 e. The monoisotopic (exact) mass is 365 g/mol. The Hall–Kier alpha value is -2.68. The molecule has 9 heteroatoms.